The number of amides is 1. The zero-order valence-electron chi connectivity index (χ0n) is 16.6. The number of para-hydroxylation sites is 1. The van der Waals surface area contributed by atoms with Gasteiger partial charge in [-0.05, 0) is 36.8 Å². The normalized spacial score (nSPS) is 15.0. The number of methoxy groups -OCH3 is 1. The largest absolute Gasteiger partial charge is 0.494 e. The van der Waals surface area contributed by atoms with Crippen LogP contribution in [-0.4, -0.2) is 56.2 Å². The molecule has 1 heterocycles. The van der Waals surface area contributed by atoms with Crippen molar-refractivity contribution in [3.63, 3.8) is 0 Å². The van der Waals surface area contributed by atoms with Gasteiger partial charge in [0.2, 0.25) is 0 Å². The summed E-state index contributed by atoms with van der Waals surface area (Å²) in [6.45, 7) is 4.15. The zero-order valence-corrected chi connectivity index (χ0v) is 16.6. The van der Waals surface area contributed by atoms with E-state index in [-0.39, 0.29) is 18.1 Å². The molecule has 2 aromatic rings. The number of piperazine rings is 1. The van der Waals surface area contributed by atoms with Crippen molar-refractivity contribution in [2.24, 2.45) is 0 Å². The Balaban J connectivity index is 1.49. The molecule has 29 heavy (non-hydrogen) atoms. The van der Waals surface area contributed by atoms with Gasteiger partial charge in [-0.2, -0.15) is 0 Å². The van der Waals surface area contributed by atoms with Gasteiger partial charge in [0.15, 0.2) is 17.7 Å². The van der Waals surface area contributed by atoms with E-state index in [2.05, 4.69) is 4.90 Å². The Morgan fingerprint density at radius 2 is 1.76 bits per heavy atom. The lowest BCUT2D eigenvalue weighted by Gasteiger charge is -2.37. The number of hydrogen-bond acceptors (Lipinski definition) is 5. The third kappa shape index (κ3) is 5.25. The molecule has 1 aliphatic rings. The molecule has 7 heteroatoms. The number of anilines is 1. The topological polar surface area (TPSA) is 59.1 Å². The first-order valence-corrected chi connectivity index (χ1v) is 9.58. The molecule has 2 aromatic carbocycles. The summed E-state index contributed by atoms with van der Waals surface area (Å²) in [7, 11) is 1.37. The zero-order chi connectivity index (χ0) is 20.8. The van der Waals surface area contributed by atoms with Crippen LogP contribution < -0.4 is 9.64 Å². The Kier molecular flexibility index (Phi) is 6.69. The fourth-order valence-electron chi connectivity index (χ4n) is 3.36. The monoisotopic (exact) mass is 400 g/mol. The minimum absolute atomic E-state index is 0.111. The predicted octanol–water partition coefficient (Wildman–Crippen LogP) is 2.66. The van der Waals surface area contributed by atoms with Crippen LogP contribution in [0.4, 0.5) is 10.1 Å². The number of esters is 1. The number of benzene rings is 2. The number of rotatable bonds is 6. The van der Waals surface area contributed by atoms with Crippen molar-refractivity contribution in [3.8, 4) is 5.75 Å². The first-order chi connectivity index (χ1) is 14.0. The summed E-state index contributed by atoms with van der Waals surface area (Å²) in [5, 5.41) is 0. The third-order valence-electron chi connectivity index (χ3n) is 4.93. The van der Waals surface area contributed by atoms with Crippen molar-refractivity contribution in [1.82, 2.24) is 4.90 Å². The Morgan fingerprint density at radius 1 is 1.07 bits per heavy atom. The van der Waals surface area contributed by atoms with Crippen molar-refractivity contribution < 1.29 is 23.5 Å². The van der Waals surface area contributed by atoms with Crippen LogP contribution in [-0.2, 0) is 20.7 Å². The fraction of sp³-hybridized carbons (Fsp3) is 0.364. The van der Waals surface area contributed by atoms with Gasteiger partial charge in [0.25, 0.3) is 5.91 Å². The lowest BCUT2D eigenvalue weighted by atomic mass is 10.1. The van der Waals surface area contributed by atoms with Crippen molar-refractivity contribution >= 4 is 17.6 Å². The van der Waals surface area contributed by atoms with Crippen molar-refractivity contribution in [2.45, 2.75) is 19.4 Å². The van der Waals surface area contributed by atoms with E-state index in [1.165, 1.54) is 19.2 Å². The van der Waals surface area contributed by atoms with Gasteiger partial charge < -0.3 is 19.3 Å². The quantitative estimate of drug-likeness (QED) is 0.698. The molecule has 0 radical (unpaired) electrons. The summed E-state index contributed by atoms with van der Waals surface area (Å²) < 4.78 is 23.9. The maximum atomic E-state index is 13.7. The van der Waals surface area contributed by atoms with Crippen molar-refractivity contribution in [2.75, 3.05) is 38.2 Å². The van der Waals surface area contributed by atoms with Gasteiger partial charge in [0, 0.05) is 31.9 Å². The predicted molar refractivity (Wildman–Crippen MR) is 107 cm³/mol. The lowest BCUT2D eigenvalue weighted by Crippen LogP contribution is -2.51. The second-order valence-corrected chi connectivity index (χ2v) is 6.93. The van der Waals surface area contributed by atoms with Crippen LogP contribution in [0.2, 0.25) is 0 Å². The molecule has 1 atom stereocenters. The smallest absolute Gasteiger partial charge is 0.311 e. The summed E-state index contributed by atoms with van der Waals surface area (Å²) in [5.74, 6) is -1.22. The highest BCUT2D eigenvalue weighted by molar-refractivity contribution is 5.84. The molecular weight excluding hydrogens is 375 g/mol. The molecule has 3 rings (SSSR count). The molecule has 0 bridgehead atoms. The first-order valence-electron chi connectivity index (χ1n) is 9.58. The van der Waals surface area contributed by atoms with Crippen LogP contribution in [0, 0.1) is 5.82 Å². The van der Waals surface area contributed by atoms with Gasteiger partial charge >= 0.3 is 5.97 Å². The molecule has 0 saturated carbocycles. The molecule has 0 aromatic heterocycles. The van der Waals surface area contributed by atoms with Crippen LogP contribution >= 0.6 is 0 Å². The van der Waals surface area contributed by atoms with E-state index in [4.69, 9.17) is 9.47 Å². The van der Waals surface area contributed by atoms with Crippen LogP contribution in [0.3, 0.4) is 0 Å². The molecule has 0 aliphatic carbocycles. The second kappa shape index (κ2) is 9.41. The molecular formula is C22H25FN2O4. The Labute approximate surface area is 169 Å². The Hall–Kier alpha value is -3.09. The highest BCUT2D eigenvalue weighted by atomic mass is 19.1. The molecule has 0 spiro atoms. The van der Waals surface area contributed by atoms with E-state index in [0.29, 0.717) is 18.7 Å². The summed E-state index contributed by atoms with van der Waals surface area (Å²) in [5.41, 5.74) is 1.59. The van der Waals surface area contributed by atoms with E-state index >= 15 is 0 Å². The number of carbonyl (C=O) groups is 2. The molecule has 154 valence electrons. The van der Waals surface area contributed by atoms with Crippen molar-refractivity contribution in [1.29, 1.82) is 0 Å². The van der Waals surface area contributed by atoms with Crippen LogP contribution in [0.25, 0.3) is 0 Å². The maximum absolute atomic E-state index is 13.7. The minimum atomic E-state index is -0.881. The molecule has 1 saturated heterocycles. The highest BCUT2D eigenvalue weighted by Gasteiger charge is 2.27. The standard InChI is InChI=1S/C22H25FN2O4/c1-16(29-21(26)15-17-8-9-20(28-2)19(23)14-17)22(27)25-12-10-24(11-13-25)18-6-4-3-5-7-18/h3-9,14,16H,10-13,15H2,1-2H3/t16-/m1/s1. The summed E-state index contributed by atoms with van der Waals surface area (Å²) in [6.07, 6.45) is -0.991. The Morgan fingerprint density at radius 3 is 2.38 bits per heavy atom. The average Bonchev–Trinajstić information content (AvgIpc) is 2.74. The van der Waals surface area contributed by atoms with Gasteiger partial charge in [-0.15, -0.1) is 0 Å². The number of halogens is 1. The van der Waals surface area contributed by atoms with Crippen LogP contribution in [0.15, 0.2) is 48.5 Å². The molecule has 1 fully saturated rings. The van der Waals surface area contributed by atoms with E-state index in [0.717, 1.165) is 18.8 Å². The van der Waals surface area contributed by atoms with Gasteiger partial charge in [-0.1, -0.05) is 24.3 Å². The van der Waals surface area contributed by atoms with Gasteiger partial charge in [0.05, 0.1) is 13.5 Å². The minimum Gasteiger partial charge on any atom is -0.494 e. The molecule has 0 unspecified atom stereocenters. The average molecular weight is 400 g/mol. The number of carbonyl (C=O) groups excluding carboxylic acids is 2. The maximum Gasteiger partial charge on any atom is 0.311 e. The van der Waals surface area contributed by atoms with E-state index in [1.54, 1.807) is 17.9 Å². The number of ether oxygens (including phenoxy) is 2. The first kappa shape index (κ1) is 20.6. The molecule has 0 N–H and O–H groups in total. The fourth-order valence-corrected chi connectivity index (χ4v) is 3.36. The summed E-state index contributed by atoms with van der Waals surface area (Å²) in [6, 6.07) is 14.3. The van der Waals surface area contributed by atoms with Gasteiger partial charge in [-0.25, -0.2) is 4.39 Å². The molecule has 1 amide bonds. The molecule has 1 aliphatic heterocycles. The number of nitrogens with zero attached hydrogens (tertiary/aromatic N) is 2. The second-order valence-electron chi connectivity index (χ2n) is 6.93. The summed E-state index contributed by atoms with van der Waals surface area (Å²) >= 11 is 0. The van der Waals surface area contributed by atoms with Gasteiger partial charge in [-0.3, -0.25) is 9.59 Å². The van der Waals surface area contributed by atoms with E-state index in [1.807, 2.05) is 30.3 Å². The van der Waals surface area contributed by atoms with Crippen LogP contribution in [0.5, 0.6) is 5.75 Å². The summed E-state index contributed by atoms with van der Waals surface area (Å²) in [4.78, 5) is 28.7. The van der Waals surface area contributed by atoms with Gasteiger partial charge in [0.1, 0.15) is 0 Å². The Bertz CT molecular complexity index is 851. The third-order valence-corrected chi connectivity index (χ3v) is 4.93. The molecule has 6 nitrogen and oxygen atoms in total. The highest BCUT2D eigenvalue weighted by Crippen LogP contribution is 2.19. The van der Waals surface area contributed by atoms with E-state index < -0.39 is 17.9 Å². The lowest BCUT2D eigenvalue weighted by molar-refractivity contribution is -0.158. The van der Waals surface area contributed by atoms with Crippen LogP contribution in [0.1, 0.15) is 12.5 Å². The number of hydrogen-bond donors (Lipinski definition) is 0. The van der Waals surface area contributed by atoms with Crippen molar-refractivity contribution in [3.05, 3.63) is 59.9 Å². The SMILES string of the molecule is COc1ccc(CC(=O)O[C@H](C)C(=O)N2CCN(c3ccccc3)CC2)cc1F. The van der Waals surface area contributed by atoms with E-state index in [9.17, 15) is 14.0 Å².